The Labute approximate surface area is 179 Å². The Morgan fingerprint density at radius 3 is 2.53 bits per heavy atom. The van der Waals surface area contributed by atoms with E-state index in [0.717, 1.165) is 36.9 Å². The number of aromatic nitrogens is 3. The molecule has 30 heavy (non-hydrogen) atoms. The second kappa shape index (κ2) is 9.07. The van der Waals surface area contributed by atoms with Gasteiger partial charge in [0, 0.05) is 13.1 Å². The minimum Gasteiger partial charge on any atom is -0.469 e. The van der Waals surface area contributed by atoms with E-state index >= 15 is 0 Å². The van der Waals surface area contributed by atoms with Gasteiger partial charge in [-0.05, 0) is 39.2 Å². The molecule has 0 aliphatic heterocycles. The van der Waals surface area contributed by atoms with Crippen LogP contribution in [0, 0.1) is 26.7 Å². The van der Waals surface area contributed by atoms with Gasteiger partial charge in [-0.15, -0.1) is 11.3 Å². The summed E-state index contributed by atoms with van der Waals surface area (Å²) in [5.41, 5.74) is 2.29. The molecule has 1 N–H and O–H groups in total. The van der Waals surface area contributed by atoms with Crippen LogP contribution in [0.15, 0.2) is 4.79 Å². The van der Waals surface area contributed by atoms with Gasteiger partial charge in [-0.25, -0.2) is 9.67 Å². The highest BCUT2D eigenvalue weighted by molar-refractivity contribution is 7.17. The Hall–Kier alpha value is -2.55. The largest absolute Gasteiger partial charge is 0.469 e. The number of thiazole rings is 1. The zero-order valence-electron chi connectivity index (χ0n) is 18.1. The number of nitrogens with one attached hydrogen (secondary N) is 1. The Balaban J connectivity index is 1.91. The van der Waals surface area contributed by atoms with Crippen molar-refractivity contribution < 1.29 is 14.3 Å². The molecule has 2 heterocycles. The van der Waals surface area contributed by atoms with Crippen LogP contribution >= 0.6 is 11.3 Å². The lowest BCUT2D eigenvalue weighted by molar-refractivity contribution is -0.146. The van der Waals surface area contributed by atoms with Gasteiger partial charge in [-0.3, -0.25) is 14.4 Å². The van der Waals surface area contributed by atoms with Crippen LogP contribution in [0.1, 0.15) is 58.7 Å². The van der Waals surface area contributed by atoms with Crippen LogP contribution < -0.4 is 10.9 Å². The molecule has 2 aromatic heterocycles. The van der Waals surface area contributed by atoms with Gasteiger partial charge in [0.1, 0.15) is 9.88 Å². The second-order valence-electron chi connectivity index (χ2n) is 7.80. The van der Waals surface area contributed by atoms with E-state index < -0.39 is 0 Å². The standard InChI is InChI=1S/C21H28N4O4S/c1-11-12(2)24-25(4)20(27)16(11)19-22-13(3)17(30-19)18(26)23-15-10-8-6-7-9-14(15)21(28)29-5/h14-15H,6-10H2,1-5H3,(H,23,26)/t14-,15+/m1/s1. The Bertz CT molecular complexity index is 1030. The van der Waals surface area contributed by atoms with Gasteiger partial charge >= 0.3 is 5.97 Å². The molecule has 1 amide bonds. The molecule has 1 fully saturated rings. The third-order valence-electron chi connectivity index (χ3n) is 5.78. The van der Waals surface area contributed by atoms with Crippen molar-refractivity contribution in [2.24, 2.45) is 13.0 Å². The zero-order valence-corrected chi connectivity index (χ0v) is 18.9. The third-order valence-corrected chi connectivity index (χ3v) is 6.95. The predicted octanol–water partition coefficient (Wildman–Crippen LogP) is 2.68. The summed E-state index contributed by atoms with van der Waals surface area (Å²) in [5.74, 6) is -0.890. The van der Waals surface area contributed by atoms with Crippen LogP contribution in [-0.2, 0) is 16.6 Å². The molecule has 2 atom stereocenters. The number of rotatable bonds is 4. The van der Waals surface area contributed by atoms with E-state index in [-0.39, 0.29) is 29.4 Å². The maximum absolute atomic E-state index is 13.1. The first-order chi connectivity index (χ1) is 14.2. The van der Waals surface area contributed by atoms with E-state index in [1.165, 1.54) is 23.1 Å². The van der Waals surface area contributed by atoms with E-state index in [4.69, 9.17) is 4.74 Å². The summed E-state index contributed by atoms with van der Waals surface area (Å²) in [6.45, 7) is 5.43. The fraction of sp³-hybridized carbons (Fsp3) is 0.571. The molecule has 1 saturated carbocycles. The van der Waals surface area contributed by atoms with Crippen molar-refractivity contribution in [3.05, 3.63) is 32.2 Å². The van der Waals surface area contributed by atoms with Gasteiger partial charge in [-0.2, -0.15) is 5.10 Å². The van der Waals surface area contributed by atoms with Gasteiger partial charge in [0.2, 0.25) is 0 Å². The van der Waals surface area contributed by atoms with Gasteiger partial charge in [-0.1, -0.05) is 19.3 Å². The molecule has 0 bridgehead atoms. The molecule has 9 heteroatoms. The van der Waals surface area contributed by atoms with E-state index in [1.54, 1.807) is 14.0 Å². The van der Waals surface area contributed by atoms with Crippen molar-refractivity contribution in [2.75, 3.05) is 7.11 Å². The molecule has 0 unspecified atom stereocenters. The molecule has 3 rings (SSSR count). The summed E-state index contributed by atoms with van der Waals surface area (Å²) in [6.07, 6.45) is 4.37. The van der Waals surface area contributed by atoms with E-state index in [0.29, 0.717) is 27.6 Å². The second-order valence-corrected chi connectivity index (χ2v) is 8.79. The molecule has 0 aromatic carbocycles. The lowest BCUT2D eigenvalue weighted by Gasteiger charge is -2.23. The summed E-state index contributed by atoms with van der Waals surface area (Å²) in [5, 5.41) is 7.74. The average molecular weight is 433 g/mol. The number of hydrogen-bond acceptors (Lipinski definition) is 7. The van der Waals surface area contributed by atoms with Crippen molar-refractivity contribution in [3.8, 4) is 10.6 Å². The molecule has 8 nitrogen and oxygen atoms in total. The summed E-state index contributed by atoms with van der Waals surface area (Å²) in [7, 11) is 2.98. The topological polar surface area (TPSA) is 103 Å². The summed E-state index contributed by atoms with van der Waals surface area (Å²) < 4.78 is 6.25. The minimum atomic E-state index is -0.341. The number of aryl methyl sites for hydroxylation is 3. The van der Waals surface area contributed by atoms with E-state index in [9.17, 15) is 14.4 Å². The minimum absolute atomic E-state index is 0.242. The first-order valence-corrected chi connectivity index (χ1v) is 11.0. The van der Waals surface area contributed by atoms with Crippen molar-refractivity contribution in [1.82, 2.24) is 20.1 Å². The Morgan fingerprint density at radius 1 is 1.13 bits per heavy atom. The van der Waals surface area contributed by atoms with Crippen molar-refractivity contribution in [3.63, 3.8) is 0 Å². The predicted molar refractivity (Wildman–Crippen MR) is 115 cm³/mol. The van der Waals surface area contributed by atoms with Crippen molar-refractivity contribution >= 4 is 23.2 Å². The van der Waals surface area contributed by atoms with E-state index in [2.05, 4.69) is 15.4 Å². The molecule has 162 valence electrons. The monoisotopic (exact) mass is 432 g/mol. The fourth-order valence-corrected chi connectivity index (χ4v) is 5.03. The average Bonchev–Trinajstić information content (AvgIpc) is 2.94. The molecule has 0 spiro atoms. The number of nitrogens with zero attached hydrogens (tertiary/aromatic N) is 3. The molecular weight excluding hydrogens is 404 g/mol. The lowest BCUT2D eigenvalue weighted by atomic mass is 9.94. The highest BCUT2D eigenvalue weighted by atomic mass is 32.1. The van der Waals surface area contributed by atoms with Crippen LogP contribution in [0.2, 0.25) is 0 Å². The van der Waals surface area contributed by atoms with E-state index in [1.807, 2.05) is 13.8 Å². The Morgan fingerprint density at radius 2 is 1.83 bits per heavy atom. The number of esters is 1. The number of ether oxygens (including phenoxy) is 1. The first kappa shape index (κ1) is 22.1. The lowest BCUT2D eigenvalue weighted by Crippen LogP contribution is -2.43. The number of hydrogen-bond donors (Lipinski definition) is 1. The number of methoxy groups -OCH3 is 1. The first-order valence-electron chi connectivity index (χ1n) is 10.2. The van der Waals surface area contributed by atoms with Gasteiger partial charge in [0.15, 0.2) is 0 Å². The number of amides is 1. The van der Waals surface area contributed by atoms with Crippen molar-refractivity contribution in [1.29, 1.82) is 0 Å². The summed E-state index contributed by atoms with van der Waals surface area (Å²) >= 11 is 1.20. The highest BCUT2D eigenvalue weighted by Gasteiger charge is 2.32. The van der Waals surface area contributed by atoms with Crippen LogP contribution in [0.5, 0.6) is 0 Å². The normalized spacial score (nSPS) is 19.2. The maximum atomic E-state index is 13.1. The van der Waals surface area contributed by atoms with Crippen molar-refractivity contribution in [2.45, 2.75) is 58.9 Å². The molecule has 1 aliphatic carbocycles. The van der Waals surface area contributed by atoms with Crippen LogP contribution in [0.25, 0.3) is 10.6 Å². The van der Waals surface area contributed by atoms with Crippen LogP contribution in [0.4, 0.5) is 0 Å². The Kier molecular flexibility index (Phi) is 6.70. The summed E-state index contributed by atoms with van der Waals surface area (Å²) in [6, 6.07) is -0.268. The smallest absolute Gasteiger partial charge is 0.310 e. The third kappa shape index (κ3) is 4.30. The molecular formula is C21H28N4O4S. The van der Waals surface area contributed by atoms with Crippen LogP contribution in [0.3, 0.4) is 0 Å². The van der Waals surface area contributed by atoms with Gasteiger partial charge < -0.3 is 10.1 Å². The molecule has 1 aliphatic rings. The quantitative estimate of drug-likeness (QED) is 0.589. The molecule has 0 radical (unpaired) electrons. The van der Waals surface area contributed by atoms with Crippen LogP contribution in [-0.4, -0.2) is 39.8 Å². The highest BCUT2D eigenvalue weighted by Crippen LogP contribution is 2.30. The SMILES string of the molecule is COC(=O)[C@@H]1CCCCC[C@@H]1NC(=O)c1sc(-c2c(C)c(C)nn(C)c2=O)nc1C. The fourth-order valence-electron chi connectivity index (χ4n) is 3.96. The number of carbonyl (C=O) groups excluding carboxylic acids is 2. The van der Waals surface area contributed by atoms with Gasteiger partial charge in [0.05, 0.1) is 30.0 Å². The zero-order chi connectivity index (χ0) is 22.0. The molecule has 0 saturated heterocycles. The van der Waals surface area contributed by atoms with Gasteiger partial charge in [0.25, 0.3) is 11.5 Å². The maximum Gasteiger partial charge on any atom is 0.310 e. The molecule has 2 aromatic rings. The summed E-state index contributed by atoms with van der Waals surface area (Å²) in [4.78, 5) is 42.9. The number of carbonyl (C=O) groups is 2.